The van der Waals surface area contributed by atoms with Crippen LogP contribution in [0.5, 0.6) is 0 Å². The highest BCUT2D eigenvalue weighted by Crippen LogP contribution is 2.32. The van der Waals surface area contributed by atoms with E-state index in [1.165, 1.54) is 27.1 Å². The summed E-state index contributed by atoms with van der Waals surface area (Å²) in [5.74, 6) is 0. The molecule has 0 aliphatic heterocycles. The normalized spacial score (nSPS) is 12.8. The van der Waals surface area contributed by atoms with Crippen molar-refractivity contribution in [1.82, 2.24) is 4.57 Å². The van der Waals surface area contributed by atoms with Crippen molar-refractivity contribution in [2.75, 3.05) is 0 Å². The lowest BCUT2D eigenvalue weighted by atomic mass is 9.98. The molecule has 0 spiro atoms. The van der Waals surface area contributed by atoms with E-state index in [4.69, 9.17) is 4.42 Å². The summed E-state index contributed by atoms with van der Waals surface area (Å²) in [6, 6.07) is 39.8. The molecule has 0 fully saturated rings. The Kier molecular flexibility index (Phi) is 5.11. The molecule has 3 nitrogen and oxygen atoms in total. The van der Waals surface area contributed by atoms with Crippen molar-refractivity contribution in [3.63, 3.8) is 0 Å². The molecule has 0 radical (unpaired) electrons. The van der Waals surface area contributed by atoms with Crippen LogP contribution >= 0.6 is 0 Å². The van der Waals surface area contributed by atoms with Crippen LogP contribution in [-0.4, -0.2) is 4.57 Å². The van der Waals surface area contributed by atoms with Crippen LogP contribution in [0.2, 0.25) is 0 Å². The SMILES string of the molecule is O=c1oc2cc3c(cc2c2ccccc12)c1c(n3-c2cc(-c3ccccc3)cc(-c3ccccc3)c2)=CCCC=1. The number of rotatable bonds is 3. The van der Waals surface area contributed by atoms with Crippen LogP contribution in [0.25, 0.3) is 72.7 Å². The van der Waals surface area contributed by atoms with Gasteiger partial charge in [-0.25, -0.2) is 4.79 Å². The minimum absolute atomic E-state index is 0.305. The maximum absolute atomic E-state index is 12.9. The van der Waals surface area contributed by atoms with Gasteiger partial charge in [-0.3, -0.25) is 0 Å². The molecule has 0 saturated heterocycles. The standard InChI is InChI=1S/C37H25NO2/c39-37-31-17-8-7-15-29(31)33-22-32-30-16-9-10-18-34(30)38(35(32)23-36(33)40-37)28-20-26(24-11-3-1-4-12-24)19-27(21-28)25-13-5-2-6-14-25/h1-8,11-23H,9-10H2. The molecule has 0 unspecified atom stereocenters. The highest BCUT2D eigenvalue weighted by atomic mass is 16.4. The van der Waals surface area contributed by atoms with E-state index in [1.54, 1.807) is 0 Å². The van der Waals surface area contributed by atoms with E-state index in [-0.39, 0.29) is 5.63 Å². The molecule has 0 amide bonds. The predicted octanol–water partition coefficient (Wildman–Crippen LogP) is 7.58. The van der Waals surface area contributed by atoms with Crippen molar-refractivity contribution in [3.05, 3.63) is 136 Å². The van der Waals surface area contributed by atoms with E-state index in [2.05, 4.69) is 108 Å². The first-order valence-corrected chi connectivity index (χ1v) is 13.7. The van der Waals surface area contributed by atoms with Gasteiger partial charge in [0.2, 0.25) is 0 Å². The number of hydrogen-bond donors (Lipinski definition) is 0. The third-order valence-corrected chi connectivity index (χ3v) is 8.03. The molecule has 1 aliphatic rings. The molecule has 5 aromatic carbocycles. The van der Waals surface area contributed by atoms with Crippen molar-refractivity contribution >= 4 is 44.8 Å². The van der Waals surface area contributed by atoms with E-state index in [0.717, 1.165) is 45.9 Å². The van der Waals surface area contributed by atoms with Gasteiger partial charge in [0.15, 0.2) is 0 Å². The predicted molar refractivity (Wildman–Crippen MR) is 165 cm³/mol. The summed E-state index contributed by atoms with van der Waals surface area (Å²) in [6.07, 6.45) is 6.69. The van der Waals surface area contributed by atoms with E-state index < -0.39 is 0 Å². The lowest BCUT2D eigenvalue weighted by molar-refractivity contribution is 0.570. The number of hydrogen-bond acceptors (Lipinski definition) is 2. The Morgan fingerprint density at radius 3 is 1.88 bits per heavy atom. The molecule has 0 saturated carbocycles. The lowest BCUT2D eigenvalue weighted by Crippen LogP contribution is -2.30. The van der Waals surface area contributed by atoms with Crippen molar-refractivity contribution in [2.45, 2.75) is 12.8 Å². The average molecular weight is 516 g/mol. The molecule has 190 valence electrons. The summed E-state index contributed by atoms with van der Waals surface area (Å²) >= 11 is 0. The lowest BCUT2D eigenvalue weighted by Gasteiger charge is -2.14. The van der Waals surface area contributed by atoms with Gasteiger partial charge in [0.1, 0.15) is 5.58 Å². The van der Waals surface area contributed by atoms with Crippen molar-refractivity contribution in [2.24, 2.45) is 0 Å². The summed E-state index contributed by atoms with van der Waals surface area (Å²) in [6.45, 7) is 0. The Morgan fingerprint density at radius 2 is 1.18 bits per heavy atom. The quantitative estimate of drug-likeness (QED) is 0.180. The highest BCUT2D eigenvalue weighted by Gasteiger charge is 2.17. The average Bonchev–Trinajstić information content (AvgIpc) is 3.34. The Morgan fingerprint density at radius 1 is 0.550 bits per heavy atom. The molecule has 3 heteroatoms. The summed E-state index contributed by atoms with van der Waals surface area (Å²) in [7, 11) is 0. The van der Waals surface area contributed by atoms with Crippen LogP contribution in [0.1, 0.15) is 12.8 Å². The van der Waals surface area contributed by atoms with Gasteiger partial charge < -0.3 is 8.98 Å². The zero-order valence-electron chi connectivity index (χ0n) is 21.8. The molecule has 8 rings (SSSR count). The minimum atomic E-state index is -0.305. The third-order valence-electron chi connectivity index (χ3n) is 8.03. The number of benzene rings is 5. The van der Waals surface area contributed by atoms with Gasteiger partial charge in [0.05, 0.1) is 10.9 Å². The van der Waals surface area contributed by atoms with Gasteiger partial charge in [-0.1, -0.05) is 91.0 Å². The zero-order chi connectivity index (χ0) is 26.6. The van der Waals surface area contributed by atoms with Gasteiger partial charge in [0.25, 0.3) is 0 Å². The summed E-state index contributed by atoms with van der Waals surface area (Å²) in [5.41, 5.74) is 7.08. The number of nitrogens with zero attached hydrogens (tertiary/aromatic N) is 1. The summed E-state index contributed by atoms with van der Waals surface area (Å²) < 4.78 is 8.24. The summed E-state index contributed by atoms with van der Waals surface area (Å²) in [4.78, 5) is 12.9. The maximum atomic E-state index is 12.9. The van der Waals surface area contributed by atoms with E-state index in [0.29, 0.717) is 11.0 Å². The molecule has 0 N–H and O–H groups in total. The molecular formula is C37H25NO2. The topological polar surface area (TPSA) is 35.1 Å². The minimum Gasteiger partial charge on any atom is -0.422 e. The fourth-order valence-corrected chi connectivity index (χ4v) is 6.18. The Bertz CT molecular complexity index is 2220. The molecule has 0 atom stereocenters. The molecule has 40 heavy (non-hydrogen) atoms. The number of aromatic nitrogens is 1. The monoisotopic (exact) mass is 515 g/mol. The van der Waals surface area contributed by atoms with Gasteiger partial charge in [-0.05, 0) is 70.8 Å². The molecule has 0 bridgehead atoms. The van der Waals surface area contributed by atoms with Crippen molar-refractivity contribution in [1.29, 1.82) is 0 Å². The third kappa shape index (κ3) is 3.55. The van der Waals surface area contributed by atoms with Gasteiger partial charge in [0, 0.05) is 33.1 Å². The smallest absolute Gasteiger partial charge is 0.344 e. The fourth-order valence-electron chi connectivity index (χ4n) is 6.18. The maximum Gasteiger partial charge on any atom is 0.344 e. The first kappa shape index (κ1) is 22.8. The second-order valence-corrected chi connectivity index (χ2v) is 10.4. The largest absolute Gasteiger partial charge is 0.422 e. The second kappa shape index (κ2) is 8.96. The molecular weight excluding hydrogens is 490 g/mol. The van der Waals surface area contributed by atoms with Crippen LogP contribution in [0, 0.1) is 0 Å². The van der Waals surface area contributed by atoms with Crippen LogP contribution in [-0.2, 0) is 0 Å². The van der Waals surface area contributed by atoms with Gasteiger partial charge in [-0.15, -0.1) is 0 Å². The van der Waals surface area contributed by atoms with Crippen LogP contribution in [0.4, 0.5) is 0 Å². The van der Waals surface area contributed by atoms with Crippen molar-refractivity contribution < 1.29 is 4.42 Å². The van der Waals surface area contributed by atoms with Gasteiger partial charge in [-0.2, -0.15) is 0 Å². The highest BCUT2D eigenvalue weighted by molar-refractivity contribution is 6.09. The van der Waals surface area contributed by atoms with Crippen LogP contribution in [0.3, 0.4) is 0 Å². The Labute approximate surface area is 230 Å². The molecule has 2 heterocycles. The van der Waals surface area contributed by atoms with Crippen LogP contribution in [0.15, 0.2) is 124 Å². The first-order valence-electron chi connectivity index (χ1n) is 13.7. The zero-order valence-corrected chi connectivity index (χ0v) is 21.8. The number of fused-ring (bicyclic) bond motifs is 6. The molecule has 7 aromatic rings. The van der Waals surface area contributed by atoms with Gasteiger partial charge >= 0.3 is 5.63 Å². The van der Waals surface area contributed by atoms with E-state index in [9.17, 15) is 4.79 Å². The molecule has 1 aliphatic carbocycles. The first-order chi connectivity index (χ1) is 19.7. The Balaban J connectivity index is 1.49. The van der Waals surface area contributed by atoms with Crippen LogP contribution < -0.4 is 16.2 Å². The molecule has 2 aromatic heterocycles. The summed E-state index contributed by atoms with van der Waals surface area (Å²) in [5, 5.41) is 6.10. The second-order valence-electron chi connectivity index (χ2n) is 10.4. The van der Waals surface area contributed by atoms with Crippen molar-refractivity contribution in [3.8, 4) is 27.9 Å². The van der Waals surface area contributed by atoms with E-state index >= 15 is 0 Å². The Hall–Kier alpha value is -5.15. The fraction of sp³-hybridized carbons (Fsp3) is 0.0541. The van der Waals surface area contributed by atoms with E-state index in [1.807, 2.05) is 24.3 Å².